The number of aliphatic carboxylic acids is 1. The Labute approximate surface area is 152 Å². The number of carbonyl (C=O) groups excluding carboxylic acids is 2. The molecular weight excluding hydrogens is 332 g/mol. The van der Waals surface area contributed by atoms with Crippen LogP contribution in [0.4, 0.5) is 4.79 Å². The van der Waals surface area contributed by atoms with Crippen LogP contribution in [0.1, 0.15) is 45.2 Å². The first kappa shape index (κ1) is 17.4. The molecule has 0 fully saturated rings. The molecule has 0 saturated heterocycles. The van der Waals surface area contributed by atoms with Gasteiger partial charge < -0.3 is 20.1 Å². The van der Waals surface area contributed by atoms with Gasteiger partial charge in [0.15, 0.2) is 0 Å². The average Bonchev–Trinajstić information content (AvgIpc) is 2.47. The summed E-state index contributed by atoms with van der Waals surface area (Å²) in [4.78, 5) is 37.4. The third kappa shape index (κ3) is 7.42. The first-order valence-corrected chi connectivity index (χ1v) is 8.70. The van der Waals surface area contributed by atoms with Crippen molar-refractivity contribution in [2.45, 2.75) is 58.7 Å². The second-order valence-electron chi connectivity index (χ2n) is 6.62. The number of hydrogen-bond acceptors (Lipinski definition) is 5. The third-order valence-electron chi connectivity index (χ3n) is 3.49. The molecular formula is C16H30N2O5S. The molecule has 0 aliphatic heterocycles. The SMILES string of the molecule is [2H]C([2H])([2H])SC[C@@H](C(=O)O)N(C)C(=O)[C@@H](NC(=O)OC(C)(C)C)[C@@H](C)CC. The van der Waals surface area contributed by atoms with Crippen LogP contribution in [0.3, 0.4) is 0 Å². The van der Waals surface area contributed by atoms with Crippen LogP contribution in [0.5, 0.6) is 0 Å². The van der Waals surface area contributed by atoms with Crippen molar-refractivity contribution >= 4 is 29.7 Å². The molecule has 0 aliphatic carbocycles. The van der Waals surface area contributed by atoms with Crippen molar-refractivity contribution in [2.75, 3.05) is 19.0 Å². The van der Waals surface area contributed by atoms with Gasteiger partial charge in [-0.2, -0.15) is 11.8 Å². The molecule has 0 spiro atoms. The Bertz CT molecular complexity index is 537. The summed E-state index contributed by atoms with van der Waals surface area (Å²) >= 11 is 0.477. The van der Waals surface area contributed by atoms with E-state index in [1.54, 1.807) is 27.7 Å². The van der Waals surface area contributed by atoms with Crippen LogP contribution in [-0.4, -0.2) is 64.6 Å². The number of ether oxygens (including phenoxy) is 1. The number of alkyl carbamates (subject to hydrolysis) is 1. The lowest BCUT2D eigenvalue weighted by atomic mass is 9.97. The molecule has 0 bridgehead atoms. The lowest BCUT2D eigenvalue weighted by molar-refractivity contribution is -0.149. The Balaban J connectivity index is 5.37. The maximum atomic E-state index is 12.9. The van der Waals surface area contributed by atoms with Crippen molar-refractivity contribution in [1.82, 2.24) is 10.2 Å². The minimum atomic E-state index is -2.37. The van der Waals surface area contributed by atoms with Crippen molar-refractivity contribution in [3.63, 3.8) is 0 Å². The average molecular weight is 366 g/mol. The molecule has 8 heteroatoms. The molecule has 3 atom stereocenters. The highest BCUT2D eigenvalue weighted by atomic mass is 32.2. The molecule has 0 unspecified atom stereocenters. The van der Waals surface area contributed by atoms with Gasteiger partial charge in [0.25, 0.3) is 0 Å². The van der Waals surface area contributed by atoms with Crippen LogP contribution in [0.25, 0.3) is 0 Å². The largest absolute Gasteiger partial charge is 0.480 e. The van der Waals surface area contributed by atoms with E-state index in [-0.39, 0.29) is 11.7 Å². The minimum Gasteiger partial charge on any atom is -0.480 e. The second kappa shape index (κ2) is 9.76. The highest BCUT2D eigenvalue weighted by molar-refractivity contribution is 7.98. The first-order valence-electron chi connectivity index (χ1n) is 9.22. The van der Waals surface area contributed by atoms with Crippen molar-refractivity contribution in [2.24, 2.45) is 5.92 Å². The van der Waals surface area contributed by atoms with Crippen LogP contribution in [0.2, 0.25) is 0 Å². The molecule has 0 aromatic rings. The Morgan fingerprint density at radius 1 is 1.38 bits per heavy atom. The normalized spacial score (nSPS) is 17.5. The molecule has 0 aromatic carbocycles. The fraction of sp³-hybridized carbons (Fsp3) is 0.812. The second-order valence-corrected chi connectivity index (χ2v) is 7.25. The fourth-order valence-corrected chi connectivity index (χ4v) is 2.44. The van der Waals surface area contributed by atoms with Gasteiger partial charge in [0.2, 0.25) is 5.91 Å². The smallest absolute Gasteiger partial charge is 0.408 e. The maximum Gasteiger partial charge on any atom is 0.408 e. The van der Waals surface area contributed by atoms with E-state index in [9.17, 15) is 19.5 Å². The number of nitrogens with zero attached hydrogens (tertiary/aromatic N) is 1. The summed E-state index contributed by atoms with van der Waals surface area (Å²) in [6.45, 7) is 8.64. The van der Waals surface area contributed by atoms with Gasteiger partial charge >= 0.3 is 12.1 Å². The van der Waals surface area contributed by atoms with Gasteiger partial charge in [-0.1, -0.05) is 20.3 Å². The van der Waals surface area contributed by atoms with Crippen LogP contribution < -0.4 is 5.32 Å². The third-order valence-corrected chi connectivity index (χ3v) is 3.98. The summed E-state index contributed by atoms with van der Waals surface area (Å²) in [6, 6.07) is -2.33. The number of nitrogens with one attached hydrogen (secondary N) is 1. The monoisotopic (exact) mass is 365 g/mol. The predicted molar refractivity (Wildman–Crippen MR) is 95.2 cm³/mol. The number of rotatable bonds is 8. The Morgan fingerprint density at radius 2 is 1.96 bits per heavy atom. The number of carboxylic acids is 1. The first-order chi connectivity index (χ1) is 12.1. The highest BCUT2D eigenvalue weighted by Crippen LogP contribution is 2.15. The number of carboxylic acid groups (broad SMARTS) is 1. The molecule has 2 N–H and O–H groups in total. The van der Waals surface area contributed by atoms with E-state index >= 15 is 0 Å². The van der Waals surface area contributed by atoms with Crippen molar-refractivity contribution in [3.8, 4) is 0 Å². The number of amides is 2. The van der Waals surface area contributed by atoms with Gasteiger partial charge in [-0.25, -0.2) is 9.59 Å². The quantitative estimate of drug-likeness (QED) is 0.684. The zero-order chi connectivity index (χ0) is 21.6. The minimum absolute atomic E-state index is 0.280. The van der Waals surface area contributed by atoms with E-state index < -0.39 is 41.8 Å². The standard InChI is InChI=1S/C16H30N2O5S/c1-8-10(2)12(17-15(22)23-16(3,4)5)13(19)18(6)11(9-24-7)14(20)21/h10-12H,8-9H2,1-7H3,(H,17,22)(H,20,21)/t10-,11-,12-/m0/s1/i7D3. The van der Waals surface area contributed by atoms with Crippen LogP contribution in [-0.2, 0) is 14.3 Å². The summed E-state index contributed by atoms with van der Waals surface area (Å²) in [6.07, 6.45) is -2.59. The Hall–Kier alpha value is -1.44. The van der Waals surface area contributed by atoms with Gasteiger partial charge in [0, 0.05) is 16.9 Å². The number of likely N-dealkylation sites (N-methyl/N-ethyl adjacent to an activating group) is 1. The van der Waals surface area contributed by atoms with E-state index in [0.29, 0.717) is 18.2 Å². The zero-order valence-electron chi connectivity index (χ0n) is 18.1. The lowest BCUT2D eigenvalue weighted by Gasteiger charge is -2.32. The van der Waals surface area contributed by atoms with E-state index in [1.165, 1.54) is 7.05 Å². The number of hydrogen-bond donors (Lipinski definition) is 2. The topological polar surface area (TPSA) is 95.9 Å². The van der Waals surface area contributed by atoms with Gasteiger partial charge in [-0.3, -0.25) is 4.79 Å². The van der Waals surface area contributed by atoms with Crippen molar-refractivity contribution in [3.05, 3.63) is 0 Å². The highest BCUT2D eigenvalue weighted by Gasteiger charge is 2.35. The summed E-state index contributed by atoms with van der Waals surface area (Å²) < 4.78 is 26.8. The summed E-state index contributed by atoms with van der Waals surface area (Å²) in [5.41, 5.74) is -0.751. The molecule has 0 radical (unpaired) electrons. The van der Waals surface area contributed by atoms with Crippen LogP contribution in [0.15, 0.2) is 0 Å². The molecule has 0 rings (SSSR count). The number of thioether (sulfide) groups is 1. The molecule has 0 heterocycles. The fourth-order valence-electron chi connectivity index (χ4n) is 1.92. The molecule has 0 aliphatic rings. The zero-order valence-corrected chi connectivity index (χ0v) is 15.9. The summed E-state index contributed by atoms with van der Waals surface area (Å²) in [5.74, 6) is -2.51. The van der Waals surface area contributed by atoms with Crippen LogP contribution >= 0.6 is 11.8 Å². The van der Waals surface area contributed by atoms with E-state index in [1.807, 2.05) is 6.92 Å². The van der Waals surface area contributed by atoms with Crippen LogP contribution in [0, 0.1) is 5.92 Å². The molecule has 24 heavy (non-hydrogen) atoms. The van der Waals surface area contributed by atoms with Gasteiger partial charge in [0.1, 0.15) is 17.7 Å². The van der Waals surface area contributed by atoms with Gasteiger partial charge in [-0.05, 0) is 32.9 Å². The predicted octanol–water partition coefficient (Wildman–Crippen LogP) is 2.20. The Morgan fingerprint density at radius 3 is 2.38 bits per heavy atom. The summed E-state index contributed by atoms with van der Waals surface area (Å²) in [5, 5.41) is 11.9. The molecule has 7 nitrogen and oxygen atoms in total. The van der Waals surface area contributed by atoms with E-state index in [4.69, 9.17) is 8.85 Å². The van der Waals surface area contributed by atoms with Gasteiger partial charge in [-0.15, -0.1) is 0 Å². The molecule has 2 amide bonds. The lowest BCUT2D eigenvalue weighted by Crippen LogP contribution is -2.55. The molecule has 0 aromatic heterocycles. The Kier molecular flexibility index (Phi) is 7.07. The maximum absolute atomic E-state index is 12.9. The van der Waals surface area contributed by atoms with E-state index in [2.05, 4.69) is 5.32 Å². The van der Waals surface area contributed by atoms with E-state index in [0.717, 1.165) is 4.90 Å². The number of carbonyl (C=O) groups is 3. The summed E-state index contributed by atoms with van der Waals surface area (Å²) in [7, 11) is 1.29. The van der Waals surface area contributed by atoms with Gasteiger partial charge in [0.05, 0.1) is 0 Å². The van der Waals surface area contributed by atoms with Crippen molar-refractivity contribution in [1.29, 1.82) is 0 Å². The van der Waals surface area contributed by atoms with Crippen molar-refractivity contribution < 1.29 is 28.3 Å². The molecule has 0 saturated carbocycles. The molecule has 140 valence electrons.